The molecule has 3 heteroatoms. The minimum atomic E-state index is -0.113. The van der Waals surface area contributed by atoms with Crippen LogP contribution in [0.5, 0.6) is 17.2 Å². The Bertz CT molecular complexity index is 1030. The van der Waals surface area contributed by atoms with E-state index in [0.717, 1.165) is 31.6 Å². The second-order valence-corrected chi connectivity index (χ2v) is 10.5. The maximum Gasteiger partial charge on any atom is 0.115 e. The van der Waals surface area contributed by atoms with Crippen LogP contribution in [0.15, 0.2) is 72.8 Å². The first-order valence-electron chi connectivity index (χ1n) is 12.3. The van der Waals surface area contributed by atoms with E-state index in [1.54, 1.807) is 24.3 Å². The van der Waals surface area contributed by atoms with Crippen molar-refractivity contribution in [2.75, 3.05) is 0 Å². The van der Waals surface area contributed by atoms with Gasteiger partial charge >= 0.3 is 0 Å². The molecule has 2 unspecified atom stereocenters. The second-order valence-electron chi connectivity index (χ2n) is 10.5. The average Bonchev–Trinajstić information content (AvgIpc) is 3.23. The predicted molar refractivity (Wildman–Crippen MR) is 132 cm³/mol. The van der Waals surface area contributed by atoms with Crippen LogP contribution in [0.25, 0.3) is 0 Å². The summed E-state index contributed by atoms with van der Waals surface area (Å²) < 4.78 is 0. The van der Waals surface area contributed by atoms with Crippen molar-refractivity contribution in [1.29, 1.82) is 0 Å². The van der Waals surface area contributed by atoms with Gasteiger partial charge in [0.1, 0.15) is 17.2 Å². The molecular weight excluding hydrogens is 408 g/mol. The number of rotatable bonds is 4. The minimum absolute atomic E-state index is 0.113. The van der Waals surface area contributed by atoms with Crippen molar-refractivity contribution < 1.29 is 15.3 Å². The van der Waals surface area contributed by atoms with Gasteiger partial charge in [0, 0.05) is 5.41 Å². The van der Waals surface area contributed by atoms with Gasteiger partial charge in [-0.25, -0.2) is 0 Å². The van der Waals surface area contributed by atoms with Gasteiger partial charge in [-0.1, -0.05) is 43.3 Å². The Morgan fingerprint density at radius 2 is 1.00 bits per heavy atom. The van der Waals surface area contributed by atoms with Gasteiger partial charge in [0.05, 0.1) is 0 Å². The Hall–Kier alpha value is -2.94. The number of aromatic hydroxyl groups is 3. The molecule has 5 rings (SSSR count). The summed E-state index contributed by atoms with van der Waals surface area (Å²) in [5.74, 6) is 2.25. The van der Waals surface area contributed by atoms with Crippen LogP contribution >= 0.6 is 0 Å². The van der Waals surface area contributed by atoms with Crippen LogP contribution in [0, 0.1) is 11.8 Å². The fourth-order valence-electron chi connectivity index (χ4n) is 6.96. The standard InChI is InChI=1S/C30H34O3/c1-21-14-17-30(20-21,24-6-12-28(33)13-7-24)25-15-18-29(19-16-25,22-2-8-26(31)9-3-22)23-4-10-27(32)11-5-23/h2-13,21,25,31-33H,14-20H2,1H3. The lowest BCUT2D eigenvalue weighted by molar-refractivity contribution is 0.163. The first-order valence-corrected chi connectivity index (χ1v) is 12.3. The lowest BCUT2D eigenvalue weighted by atomic mass is 9.56. The summed E-state index contributed by atoms with van der Waals surface area (Å²) in [5.41, 5.74) is 3.93. The van der Waals surface area contributed by atoms with Crippen LogP contribution in [0.4, 0.5) is 0 Å². The molecule has 0 spiro atoms. The van der Waals surface area contributed by atoms with E-state index in [9.17, 15) is 15.3 Å². The summed E-state index contributed by atoms with van der Waals surface area (Å²) in [4.78, 5) is 0. The molecule has 0 bridgehead atoms. The topological polar surface area (TPSA) is 60.7 Å². The van der Waals surface area contributed by atoms with Gasteiger partial charge < -0.3 is 15.3 Å². The highest BCUT2D eigenvalue weighted by atomic mass is 16.3. The molecule has 2 aliphatic carbocycles. The van der Waals surface area contributed by atoms with Crippen molar-refractivity contribution in [3.8, 4) is 17.2 Å². The molecule has 172 valence electrons. The molecule has 0 radical (unpaired) electrons. The van der Waals surface area contributed by atoms with Crippen molar-refractivity contribution in [2.45, 2.75) is 62.7 Å². The van der Waals surface area contributed by atoms with E-state index in [1.165, 1.54) is 36.0 Å². The zero-order chi connectivity index (χ0) is 23.1. The van der Waals surface area contributed by atoms with Crippen molar-refractivity contribution >= 4 is 0 Å². The Morgan fingerprint density at radius 1 is 0.576 bits per heavy atom. The Balaban J connectivity index is 1.50. The molecule has 3 nitrogen and oxygen atoms in total. The molecule has 2 aliphatic rings. The zero-order valence-electron chi connectivity index (χ0n) is 19.4. The summed E-state index contributed by atoms with van der Waals surface area (Å²) in [6.07, 6.45) is 8.05. The normalized spacial score (nSPS) is 25.2. The molecular formula is C30H34O3. The van der Waals surface area contributed by atoms with Gasteiger partial charge in [0.15, 0.2) is 0 Å². The summed E-state index contributed by atoms with van der Waals surface area (Å²) in [6.45, 7) is 2.38. The van der Waals surface area contributed by atoms with Gasteiger partial charge in [-0.2, -0.15) is 0 Å². The third kappa shape index (κ3) is 3.88. The van der Waals surface area contributed by atoms with Gasteiger partial charge in [-0.05, 0) is 115 Å². The summed E-state index contributed by atoms with van der Waals surface area (Å²) in [5, 5.41) is 29.6. The number of hydrogen-bond donors (Lipinski definition) is 3. The minimum Gasteiger partial charge on any atom is -0.508 e. The predicted octanol–water partition coefficient (Wildman–Crippen LogP) is 7.04. The molecule has 3 N–H and O–H groups in total. The zero-order valence-corrected chi connectivity index (χ0v) is 19.4. The number of benzene rings is 3. The first-order chi connectivity index (χ1) is 15.9. The van der Waals surface area contributed by atoms with E-state index >= 15 is 0 Å². The van der Waals surface area contributed by atoms with Crippen LogP contribution in [0.2, 0.25) is 0 Å². The Morgan fingerprint density at radius 3 is 1.39 bits per heavy atom. The molecule has 0 amide bonds. The lowest BCUT2D eigenvalue weighted by Crippen LogP contribution is -2.40. The van der Waals surface area contributed by atoms with Crippen LogP contribution < -0.4 is 0 Å². The van der Waals surface area contributed by atoms with Crippen LogP contribution in [0.3, 0.4) is 0 Å². The lowest BCUT2D eigenvalue weighted by Gasteiger charge is -2.47. The van der Waals surface area contributed by atoms with E-state index in [1.807, 2.05) is 12.1 Å². The number of phenolic OH excluding ortho intramolecular Hbond substituents is 3. The van der Waals surface area contributed by atoms with Crippen molar-refractivity contribution in [2.24, 2.45) is 11.8 Å². The molecule has 2 atom stereocenters. The molecule has 3 aromatic carbocycles. The molecule has 0 aromatic heterocycles. The smallest absolute Gasteiger partial charge is 0.115 e. The molecule has 3 aromatic rings. The fourth-order valence-corrected chi connectivity index (χ4v) is 6.96. The molecule has 0 aliphatic heterocycles. The monoisotopic (exact) mass is 442 g/mol. The SMILES string of the molecule is CC1CCC(c2ccc(O)cc2)(C2CCC(c3ccc(O)cc3)(c3ccc(O)cc3)CC2)C1. The maximum atomic E-state index is 9.88. The van der Waals surface area contributed by atoms with Crippen LogP contribution in [0.1, 0.15) is 68.6 Å². The Kier molecular flexibility index (Phi) is 5.60. The van der Waals surface area contributed by atoms with E-state index in [0.29, 0.717) is 23.2 Å². The van der Waals surface area contributed by atoms with Crippen molar-refractivity contribution in [3.63, 3.8) is 0 Å². The maximum absolute atomic E-state index is 9.88. The summed E-state index contributed by atoms with van der Waals surface area (Å²) in [7, 11) is 0. The van der Waals surface area contributed by atoms with Crippen LogP contribution in [-0.2, 0) is 10.8 Å². The highest BCUT2D eigenvalue weighted by Crippen LogP contribution is 2.57. The van der Waals surface area contributed by atoms with E-state index in [4.69, 9.17) is 0 Å². The molecule has 33 heavy (non-hydrogen) atoms. The average molecular weight is 443 g/mol. The molecule has 0 saturated heterocycles. The fraction of sp³-hybridized carbons (Fsp3) is 0.400. The second kappa shape index (κ2) is 8.44. The third-order valence-electron chi connectivity index (χ3n) is 8.70. The van der Waals surface area contributed by atoms with Gasteiger partial charge in [-0.3, -0.25) is 0 Å². The molecule has 2 saturated carbocycles. The quantitative estimate of drug-likeness (QED) is 0.406. The third-order valence-corrected chi connectivity index (χ3v) is 8.70. The highest BCUT2D eigenvalue weighted by Gasteiger charge is 2.49. The van der Waals surface area contributed by atoms with Crippen LogP contribution in [-0.4, -0.2) is 15.3 Å². The number of phenols is 3. The van der Waals surface area contributed by atoms with E-state index < -0.39 is 0 Å². The van der Waals surface area contributed by atoms with Crippen molar-refractivity contribution in [3.05, 3.63) is 89.5 Å². The molecule has 2 fully saturated rings. The van der Waals surface area contributed by atoms with Gasteiger partial charge in [0.25, 0.3) is 0 Å². The largest absolute Gasteiger partial charge is 0.508 e. The summed E-state index contributed by atoms with van der Waals surface area (Å²) >= 11 is 0. The summed E-state index contributed by atoms with van der Waals surface area (Å²) in [6, 6.07) is 23.4. The van der Waals surface area contributed by atoms with Gasteiger partial charge in [0.2, 0.25) is 0 Å². The molecule has 0 heterocycles. The van der Waals surface area contributed by atoms with Gasteiger partial charge in [-0.15, -0.1) is 0 Å². The van der Waals surface area contributed by atoms with E-state index in [-0.39, 0.29) is 10.8 Å². The highest BCUT2D eigenvalue weighted by molar-refractivity contribution is 5.44. The first kappa shape index (κ1) is 21.9. The van der Waals surface area contributed by atoms with E-state index in [2.05, 4.69) is 43.3 Å². The Labute approximate surface area is 196 Å². The number of hydrogen-bond acceptors (Lipinski definition) is 3. The van der Waals surface area contributed by atoms with Crippen molar-refractivity contribution in [1.82, 2.24) is 0 Å².